The van der Waals surface area contributed by atoms with E-state index in [0.717, 1.165) is 33.7 Å². The Morgan fingerprint density at radius 1 is 0.944 bits per heavy atom. The first-order chi connectivity index (χ1) is 17.6. The van der Waals surface area contributed by atoms with Crippen molar-refractivity contribution >= 4 is 16.6 Å². The molecule has 2 heterocycles. The number of hydrogen-bond donors (Lipinski definition) is 0. The van der Waals surface area contributed by atoms with Crippen LogP contribution >= 0.6 is 0 Å². The number of fused-ring (bicyclic) bond motifs is 2. The molecule has 4 aromatic rings. The summed E-state index contributed by atoms with van der Waals surface area (Å²) in [5, 5.41) is 0. The van der Waals surface area contributed by atoms with Crippen LogP contribution in [0.2, 0.25) is 0 Å². The normalized spacial score (nSPS) is 12.5. The van der Waals surface area contributed by atoms with Gasteiger partial charge in [0.25, 0.3) is 0 Å². The molecule has 0 saturated heterocycles. The van der Waals surface area contributed by atoms with E-state index in [1.54, 1.807) is 21.3 Å². The summed E-state index contributed by atoms with van der Waals surface area (Å²) in [7, 11) is 4.88. The number of methoxy groups -OCH3 is 3. The van der Waals surface area contributed by atoms with E-state index in [0.29, 0.717) is 43.6 Å². The van der Waals surface area contributed by atoms with E-state index >= 15 is 0 Å². The van der Waals surface area contributed by atoms with E-state index in [-0.39, 0.29) is 0 Å². The molecular formula is C29H31N2O5+. The zero-order valence-corrected chi connectivity index (χ0v) is 21.1. The summed E-state index contributed by atoms with van der Waals surface area (Å²) in [6.45, 7) is 4.54. The Morgan fingerprint density at radius 3 is 2.44 bits per heavy atom. The van der Waals surface area contributed by atoms with Crippen LogP contribution in [0.15, 0.2) is 67.0 Å². The molecule has 0 spiro atoms. The van der Waals surface area contributed by atoms with Gasteiger partial charge in [0.05, 0.1) is 27.9 Å². The maximum absolute atomic E-state index is 5.88. The van der Waals surface area contributed by atoms with Gasteiger partial charge in [0, 0.05) is 16.7 Å². The molecule has 0 amide bonds. The molecule has 0 atom stereocenters. The number of rotatable bonds is 9. The third kappa shape index (κ3) is 4.44. The fourth-order valence-electron chi connectivity index (χ4n) is 4.74. The van der Waals surface area contributed by atoms with Crippen molar-refractivity contribution in [2.75, 3.05) is 34.5 Å². The van der Waals surface area contributed by atoms with Crippen molar-refractivity contribution in [1.82, 2.24) is 4.57 Å². The van der Waals surface area contributed by atoms with Crippen LogP contribution in [0, 0.1) is 0 Å². The summed E-state index contributed by atoms with van der Waals surface area (Å²) in [6, 6.07) is 18.4. The van der Waals surface area contributed by atoms with E-state index in [9.17, 15) is 0 Å². The van der Waals surface area contributed by atoms with Crippen LogP contribution < -0.4 is 28.3 Å². The first kappa shape index (κ1) is 23.6. The van der Waals surface area contributed by atoms with Crippen molar-refractivity contribution in [3.8, 4) is 28.7 Å². The highest BCUT2D eigenvalue weighted by atomic mass is 16.5. The van der Waals surface area contributed by atoms with Gasteiger partial charge in [0.15, 0.2) is 22.5 Å². The summed E-state index contributed by atoms with van der Waals surface area (Å²) < 4.78 is 32.8. The third-order valence-corrected chi connectivity index (χ3v) is 6.37. The average molecular weight is 488 g/mol. The summed E-state index contributed by atoms with van der Waals surface area (Å²) in [5.41, 5.74) is 5.62. The molecule has 0 bridgehead atoms. The number of allylic oxidation sites excluding steroid dienone is 1. The molecule has 5 rings (SSSR count). The van der Waals surface area contributed by atoms with Gasteiger partial charge in [-0.25, -0.2) is 9.13 Å². The molecule has 7 heteroatoms. The first-order valence-corrected chi connectivity index (χ1v) is 12.0. The number of imidazole rings is 1. The van der Waals surface area contributed by atoms with Gasteiger partial charge in [-0.1, -0.05) is 12.1 Å². The van der Waals surface area contributed by atoms with Gasteiger partial charge >= 0.3 is 0 Å². The standard InChI is InChI=1S/C29H31N2O5/c1-5-35-22-10-11-26-23(16-22)21(12-13-36-26)18-31-19-30(24-8-6-7-9-25(24)31)17-20-14-27(32-2)29(34-4)28(15-20)33-3/h6-12,14-16,19H,5,13,17-18H2,1-4H3/q+1. The van der Waals surface area contributed by atoms with Gasteiger partial charge in [0.1, 0.15) is 31.2 Å². The van der Waals surface area contributed by atoms with Crippen molar-refractivity contribution in [2.45, 2.75) is 20.0 Å². The SMILES string of the molecule is CCOc1ccc2c(c1)C(Cn1c[n+](Cc3cc(OC)c(OC)c(OC)c3)c3ccccc31)=CCO2. The first-order valence-electron chi connectivity index (χ1n) is 12.0. The molecule has 0 saturated carbocycles. The summed E-state index contributed by atoms with van der Waals surface area (Å²) >= 11 is 0. The Bertz CT molecular complexity index is 1400. The summed E-state index contributed by atoms with van der Waals surface area (Å²) in [4.78, 5) is 0. The number of aromatic nitrogens is 2. The molecule has 0 unspecified atom stereocenters. The minimum absolute atomic E-state index is 0.557. The summed E-state index contributed by atoms with van der Waals surface area (Å²) in [6.07, 6.45) is 4.31. The fourth-order valence-corrected chi connectivity index (χ4v) is 4.74. The minimum atomic E-state index is 0.557. The third-order valence-electron chi connectivity index (χ3n) is 6.37. The maximum Gasteiger partial charge on any atom is 0.245 e. The largest absolute Gasteiger partial charge is 0.494 e. The topological polar surface area (TPSA) is 55.0 Å². The van der Waals surface area contributed by atoms with E-state index in [1.807, 2.05) is 31.2 Å². The molecule has 0 aliphatic carbocycles. The van der Waals surface area contributed by atoms with Gasteiger partial charge in [-0.15, -0.1) is 0 Å². The van der Waals surface area contributed by atoms with Gasteiger partial charge in [0.2, 0.25) is 12.1 Å². The van der Waals surface area contributed by atoms with Gasteiger partial charge < -0.3 is 23.7 Å². The van der Waals surface area contributed by atoms with Crippen LogP contribution in [0.5, 0.6) is 28.7 Å². The van der Waals surface area contributed by atoms with Crippen LogP contribution in [0.4, 0.5) is 0 Å². The van der Waals surface area contributed by atoms with Crippen LogP contribution in [0.25, 0.3) is 16.6 Å². The molecule has 1 aliphatic heterocycles. The van der Waals surface area contributed by atoms with Crippen molar-refractivity contribution in [3.63, 3.8) is 0 Å². The second-order valence-electron chi connectivity index (χ2n) is 8.52. The molecule has 3 aromatic carbocycles. The van der Waals surface area contributed by atoms with Crippen LogP contribution in [0.3, 0.4) is 0 Å². The van der Waals surface area contributed by atoms with E-state index < -0.39 is 0 Å². The average Bonchev–Trinajstić information content (AvgIpc) is 3.25. The Balaban J connectivity index is 1.51. The second kappa shape index (κ2) is 10.2. The monoisotopic (exact) mass is 487 g/mol. The zero-order chi connectivity index (χ0) is 25.1. The molecule has 1 aliphatic rings. The highest BCUT2D eigenvalue weighted by Gasteiger charge is 2.22. The number of nitrogens with zero attached hydrogens (tertiary/aromatic N) is 2. The summed E-state index contributed by atoms with van der Waals surface area (Å²) in [5.74, 6) is 3.61. The number of para-hydroxylation sites is 2. The molecule has 0 N–H and O–H groups in total. The molecule has 0 radical (unpaired) electrons. The maximum atomic E-state index is 5.88. The van der Waals surface area contributed by atoms with E-state index in [2.05, 4.69) is 51.9 Å². The van der Waals surface area contributed by atoms with Gasteiger partial charge in [-0.2, -0.15) is 0 Å². The molecule has 0 fully saturated rings. The fraction of sp³-hybridized carbons (Fsp3) is 0.276. The zero-order valence-electron chi connectivity index (χ0n) is 21.1. The highest BCUT2D eigenvalue weighted by molar-refractivity contribution is 5.76. The quantitative estimate of drug-likeness (QED) is 0.315. The van der Waals surface area contributed by atoms with Crippen molar-refractivity contribution < 1.29 is 28.3 Å². The van der Waals surface area contributed by atoms with Gasteiger partial charge in [-0.05, 0) is 55.5 Å². The van der Waals surface area contributed by atoms with Crippen molar-refractivity contribution in [3.05, 3.63) is 78.1 Å². The minimum Gasteiger partial charge on any atom is -0.494 e. The number of hydrogen-bond acceptors (Lipinski definition) is 5. The van der Waals surface area contributed by atoms with Crippen molar-refractivity contribution in [1.29, 1.82) is 0 Å². The lowest BCUT2D eigenvalue weighted by Gasteiger charge is -2.19. The predicted molar refractivity (Wildman–Crippen MR) is 138 cm³/mol. The van der Waals surface area contributed by atoms with E-state index in [4.69, 9.17) is 23.7 Å². The Hall–Kier alpha value is -4.13. The Labute approximate surface area is 211 Å². The molecule has 7 nitrogen and oxygen atoms in total. The van der Waals surface area contributed by atoms with Crippen molar-refractivity contribution in [2.24, 2.45) is 0 Å². The van der Waals surface area contributed by atoms with Crippen LogP contribution in [-0.2, 0) is 13.1 Å². The number of ether oxygens (including phenoxy) is 5. The van der Waals surface area contributed by atoms with Crippen LogP contribution in [0.1, 0.15) is 18.1 Å². The predicted octanol–water partition coefficient (Wildman–Crippen LogP) is 4.88. The molecule has 36 heavy (non-hydrogen) atoms. The molecular weight excluding hydrogens is 456 g/mol. The number of benzene rings is 3. The smallest absolute Gasteiger partial charge is 0.245 e. The molecule has 1 aromatic heterocycles. The second-order valence-corrected chi connectivity index (χ2v) is 8.52. The highest BCUT2D eigenvalue weighted by Crippen LogP contribution is 2.38. The molecule has 186 valence electrons. The Morgan fingerprint density at radius 2 is 1.72 bits per heavy atom. The van der Waals surface area contributed by atoms with E-state index in [1.165, 1.54) is 5.57 Å². The van der Waals surface area contributed by atoms with Crippen LogP contribution in [-0.4, -0.2) is 39.1 Å². The Kier molecular flexibility index (Phi) is 6.71. The lowest BCUT2D eigenvalue weighted by Crippen LogP contribution is -2.33. The van der Waals surface area contributed by atoms with Gasteiger partial charge in [-0.3, -0.25) is 0 Å². The lowest BCUT2D eigenvalue weighted by molar-refractivity contribution is -0.663. The lowest BCUT2D eigenvalue weighted by atomic mass is 10.0.